The molecule has 1 aliphatic heterocycles. The Morgan fingerprint density at radius 1 is 1.15 bits per heavy atom. The molecule has 2 aromatic rings. The van der Waals surface area contributed by atoms with Crippen molar-refractivity contribution >= 4 is 0 Å². The zero-order chi connectivity index (χ0) is 19.2. The summed E-state index contributed by atoms with van der Waals surface area (Å²) in [7, 11) is 0. The number of aromatic amines is 1. The molecule has 4 rings (SSSR count). The Bertz CT molecular complexity index is 801. The minimum atomic E-state index is 0.0443. The number of nitrogens with one attached hydrogen (secondary N) is 1. The number of nitrogens with zero attached hydrogens (tertiary/aromatic N) is 3. The SMILES string of the molecule is CC(C)N1CCC(Oc2cc(-c3cc(C(C)(C)C)[nH]n3)ncc2C2CC2)C1. The fourth-order valence-electron chi connectivity index (χ4n) is 3.73. The maximum atomic E-state index is 6.50. The molecule has 5 nitrogen and oxygen atoms in total. The Balaban J connectivity index is 1.58. The standard InChI is InChI=1S/C22H32N4O/c1-14(2)26-9-8-16(13-26)27-20-10-18(23-12-17(20)15-6-7-15)19-11-21(25-24-19)22(3,4)5/h10-12,14-16H,6-9,13H2,1-5H3,(H,24,25). The number of pyridine rings is 1. The van der Waals surface area contributed by atoms with Crippen LogP contribution in [-0.4, -0.2) is 45.3 Å². The van der Waals surface area contributed by atoms with Crippen LogP contribution < -0.4 is 4.74 Å². The fraction of sp³-hybridized carbons (Fsp3) is 0.636. The molecular weight excluding hydrogens is 336 g/mol. The van der Waals surface area contributed by atoms with Gasteiger partial charge in [0.15, 0.2) is 0 Å². The normalized spacial score (nSPS) is 21.2. The molecule has 1 atom stereocenters. The van der Waals surface area contributed by atoms with E-state index in [-0.39, 0.29) is 11.5 Å². The van der Waals surface area contributed by atoms with Gasteiger partial charge in [-0.15, -0.1) is 0 Å². The van der Waals surface area contributed by atoms with Gasteiger partial charge in [0.2, 0.25) is 0 Å². The average molecular weight is 369 g/mol. The summed E-state index contributed by atoms with van der Waals surface area (Å²) in [6, 6.07) is 4.79. The van der Waals surface area contributed by atoms with E-state index in [9.17, 15) is 0 Å². The van der Waals surface area contributed by atoms with Crippen molar-refractivity contribution in [1.82, 2.24) is 20.1 Å². The maximum Gasteiger partial charge on any atom is 0.127 e. The Labute approximate surface area is 162 Å². The lowest BCUT2D eigenvalue weighted by Gasteiger charge is -2.21. The first-order chi connectivity index (χ1) is 12.8. The molecule has 3 heterocycles. The first-order valence-corrected chi connectivity index (χ1v) is 10.3. The zero-order valence-electron chi connectivity index (χ0n) is 17.2. The summed E-state index contributed by atoms with van der Waals surface area (Å²) >= 11 is 0. The van der Waals surface area contributed by atoms with Crippen LogP contribution in [0.2, 0.25) is 0 Å². The molecule has 0 radical (unpaired) electrons. The van der Waals surface area contributed by atoms with Gasteiger partial charge in [-0.25, -0.2) is 0 Å². The van der Waals surface area contributed by atoms with Crippen molar-refractivity contribution in [3.63, 3.8) is 0 Å². The van der Waals surface area contributed by atoms with Crippen LogP contribution in [0, 0.1) is 0 Å². The molecule has 1 saturated carbocycles. The summed E-state index contributed by atoms with van der Waals surface area (Å²) < 4.78 is 6.50. The largest absolute Gasteiger partial charge is 0.489 e. The van der Waals surface area contributed by atoms with Crippen molar-refractivity contribution in [1.29, 1.82) is 0 Å². The molecule has 2 aliphatic rings. The third-order valence-corrected chi connectivity index (χ3v) is 5.76. The van der Waals surface area contributed by atoms with Crippen molar-refractivity contribution in [2.75, 3.05) is 13.1 Å². The van der Waals surface area contributed by atoms with Crippen molar-refractivity contribution in [2.24, 2.45) is 0 Å². The van der Waals surface area contributed by atoms with E-state index in [1.807, 2.05) is 6.20 Å². The van der Waals surface area contributed by atoms with Crippen LogP contribution in [0.3, 0.4) is 0 Å². The van der Waals surface area contributed by atoms with Gasteiger partial charge in [-0.2, -0.15) is 5.10 Å². The fourth-order valence-corrected chi connectivity index (χ4v) is 3.73. The van der Waals surface area contributed by atoms with Gasteiger partial charge in [-0.05, 0) is 45.1 Å². The van der Waals surface area contributed by atoms with Crippen LogP contribution in [0.4, 0.5) is 0 Å². The first-order valence-electron chi connectivity index (χ1n) is 10.3. The molecule has 1 unspecified atom stereocenters. The molecule has 1 saturated heterocycles. The highest BCUT2D eigenvalue weighted by Gasteiger charge is 2.31. The second-order valence-corrected chi connectivity index (χ2v) is 9.42. The summed E-state index contributed by atoms with van der Waals surface area (Å²) in [4.78, 5) is 7.20. The number of ether oxygens (including phenoxy) is 1. The molecule has 27 heavy (non-hydrogen) atoms. The summed E-state index contributed by atoms with van der Waals surface area (Å²) in [6.07, 6.45) is 5.87. The molecule has 2 fully saturated rings. The highest BCUT2D eigenvalue weighted by atomic mass is 16.5. The van der Waals surface area contributed by atoms with E-state index in [0.717, 1.165) is 42.3 Å². The topological polar surface area (TPSA) is 54.0 Å². The van der Waals surface area contributed by atoms with Crippen molar-refractivity contribution in [3.8, 4) is 17.1 Å². The second kappa shape index (κ2) is 6.93. The molecule has 146 valence electrons. The lowest BCUT2D eigenvalue weighted by atomic mass is 9.92. The van der Waals surface area contributed by atoms with E-state index in [4.69, 9.17) is 9.72 Å². The van der Waals surface area contributed by atoms with Gasteiger partial charge in [-0.1, -0.05) is 20.8 Å². The van der Waals surface area contributed by atoms with Crippen LogP contribution in [0.15, 0.2) is 18.3 Å². The number of likely N-dealkylation sites (tertiary alicyclic amines) is 1. The van der Waals surface area contributed by atoms with Crippen LogP contribution in [-0.2, 0) is 5.41 Å². The first kappa shape index (κ1) is 18.5. The highest BCUT2D eigenvalue weighted by Crippen LogP contribution is 2.45. The van der Waals surface area contributed by atoms with Crippen molar-refractivity contribution in [3.05, 3.63) is 29.6 Å². The van der Waals surface area contributed by atoms with Crippen LogP contribution in [0.25, 0.3) is 11.4 Å². The van der Waals surface area contributed by atoms with Gasteiger partial charge in [0.05, 0.1) is 5.69 Å². The number of rotatable bonds is 5. The minimum absolute atomic E-state index is 0.0443. The minimum Gasteiger partial charge on any atom is -0.489 e. The smallest absolute Gasteiger partial charge is 0.127 e. The van der Waals surface area contributed by atoms with Crippen LogP contribution >= 0.6 is 0 Å². The molecule has 5 heteroatoms. The van der Waals surface area contributed by atoms with Crippen molar-refractivity contribution < 1.29 is 4.74 Å². The monoisotopic (exact) mass is 368 g/mol. The number of aromatic nitrogens is 3. The van der Waals surface area contributed by atoms with Gasteiger partial charge in [0.1, 0.15) is 17.5 Å². The Morgan fingerprint density at radius 3 is 2.52 bits per heavy atom. The van der Waals surface area contributed by atoms with Crippen LogP contribution in [0.1, 0.15) is 71.1 Å². The Hall–Kier alpha value is -1.88. The van der Waals surface area contributed by atoms with Gasteiger partial charge >= 0.3 is 0 Å². The highest BCUT2D eigenvalue weighted by molar-refractivity contribution is 5.58. The van der Waals surface area contributed by atoms with Gasteiger partial charge < -0.3 is 4.74 Å². The molecule has 1 aliphatic carbocycles. The molecule has 0 aromatic carbocycles. The lowest BCUT2D eigenvalue weighted by Crippen LogP contribution is -2.30. The van der Waals surface area contributed by atoms with Gasteiger partial charge in [-0.3, -0.25) is 15.0 Å². The number of hydrogen-bond acceptors (Lipinski definition) is 4. The third-order valence-electron chi connectivity index (χ3n) is 5.76. The van der Waals surface area contributed by atoms with E-state index in [1.54, 1.807) is 0 Å². The molecule has 1 N–H and O–H groups in total. The lowest BCUT2D eigenvalue weighted by molar-refractivity contribution is 0.186. The van der Waals surface area contributed by atoms with Gasteiger partial charge in [0, 0.05) is 48.1 Å². The van der Waals surface area contributed by atoms with Crippen LogP contribution in [0.5, 0.6) is 5.75 Å². The predicted molar refractivity (Wildman–Crippen MR) is 108 cm³/mol. The Morgan fingerprint density at radius 2 is 1.93 bits per heavy atom. The molecule has 0 spiro atoms. The third kappa shape index (κ3) is 4.03. The van der Waals surface area contributed by atoms with E-state index in [1.165, 1.54) is 18.4 Å². The van der Waals surface area contributed by atoms with Gasteiger partial charge in [0.25, 0.3) is 0 Å². The Kier molecular flexibility index (Phi) is 4.75. The zero-order valence-corrected chi connectivity index (χ0v) is 17.2. The summed E-state index contributed by atoms with van der Waals surface area (Å²) in [5.74, 6) is 1.63. The molecule has 2 aromatic heterocycles. The molecule has 0 bridgehead atoms. The molecule has 0 amide bonds. The van der Waals surface area contributed by atoms with Crippen molar-refractivity contribution in [2.45, 2.75) is 77.4 Å². The van der Waals surface area contributed by atoms with E-state index < -0.39 is 0 Å². The summed E-state index contributed by atoms with van der Waals surface area (Å²) in [6.45, 7) is 13.2. The average Bonchev–Trinajstić information content (AvgIpc) is 3.12. The maximum absolute atomic E-state index is 6.50. The second-order valence-electron chi connectivity index (χ2n) is 9.42. The summed E-state index contributed by atoms with van der Waals surface area (Å²) in [5.41, 5.74) is 4.22. The van der Waals surface area contributed by atoms with E-state index in [0.29, 0.717) is 12.0 Å². The van der Waals surface area contributed by atoms with E-state index in [2.05, 4.69) is 61.8 Å². The summed E-state index contributed by atoms with van der Waals surface area (Å²) in [5, 5.41) is 7.67. The number of H-pyrrole nitrogens is 1. The predicted octanol–water partition coefficient (Wildman–Crippen LogP) is 4.51. The van der Waals surface area contributed by atoms with E-state index >= 15 is 0 Å². The molecular formula is C22H32N4O. The number of hydrogen-bond donors (Lipinski definition) is 1. The quantitative estimate of drug-likeness (QED) is 0.844.